The number of carbonyl (C=O) groups is 1. The topological polar surface area (TPSA) is 62.9 Å². The molecule has 0 saturated heterocycles. The minimum Gasteiger partial charge on any atom is -0.463 e. The third kappa shape index (κ3) is 3.05. The van der Waals surface area contributed by atoms with E-state index in [2.05, 4.69) is 5.10 Å². The molecule has 0 aliphatic carbocycles. The number of amides is 1. The van der Waals surface area contributed by atoms with Crippen molar-refractivity contribution in [2.45, 2.75) is 6.92 Å². The van der Waals surface area contributed by atoms with Crippen molar-refractivity contribution < 1.29 is 9.21 Å². The van der Waals surface area contributed by atoms with Gasteiger partial charge in [-0.15, -0.1) is 0 Å². The summed E-state index contributed by atoms with van der Waals surface area (Å²) in [6.07, 6.45) is 2.78. The minimum atomic E-state index is -0.313. The molecule has 0 saturated carbocycles. The summed E-state index contributed by atoms with van der Waals surface area (Å²) < 4.78 is 5.50. The molecule has 0 unspecified atom stereocenters. The second-order valence-corrected chi connectivity index (χ2v) is 6.79. The first-order valence-electron chi connectivity index (χ1n) is 8.03. The smallest absolute Gasteiger partial charge is 0.280 e. The molecule has 0 spiro atoms. The van der Waals surface area contributed by atoms with Gasteiger partial charge in [0, 0.05) is 6.07 Å². The molecule has 0 fully saturated rings. The van der Waals surface area contributed by atoms with E-state index in [0.29, 0.717) is 33.0 Å². The summed E-state index contributed by atoms with van der Waals surface area (Å²) in [7, 11) is 0. The van der Waals surface area contributed by atoms with E-state index in [1.807, 2.05) is 18.2 Å². The van der Waals surface area contributed by atoms with Crippen molar-refractivity contribution in [2.24, 2.45) is 5.10 Å². The van der Waals surface area contributed by atoms with E-state index in [-0.39, 0.29) is 21.9 Å². The highest BCUT2D eigenvalue weighted by molar-refractivity contribution is 6.42. The molecule has 1 aliphatic rings. The van der Waals surface area contributed by atoms with Crippen LogP contribution in [0.4, 0.5) is 5.69 Å². The quantitative estimate of drug-likeness (QED) is 0.576. The summed E-state index contributed by atoms with van der Waals surface area (Å²) in [5.41, 5.74) is 1.74. The van der Waals surface area contributed by atoms with Gasteiger partial charge in [0.2, 0.25) is 0 Å². The lowest BCUT2D eigenvalue weighted by Gasteiger charge is -2.11. The van der Waals surface area contributed by atoms with Crippen LogP contribution in [0.2, 0.25) is 10.0 Å². The zero-order valence-corrected chi connectivity index (χ0v) is 15.6. The monoisotopic (exact) mass is 398 g/mol. The van der Waals surface area contributed by atoms with Crippen LogP contribution in [0.3, 0.4) is 0 Å². The lowest BCUT2D eigenvalue weighted by atomic mass is 10.1. The van der Waals surface area contributed by atoms with Gasteiger partial charge in [0.25, 0.3) is 5.91 Å². The fraction of sp³-hybridized carbons (Fsp3) is 0.0500. The van der Waals surface area contributed by atoms with Crippen molar-refractivity contribution in [3.05, 3.63) is 80.1 Å². The summed E-state index contributed by atoms with van der Waals surface area (Å²) in [6.45, 7) is 1.71. The highest BCUT2D eigenvalue weighted by atomic mass is 35.5. The molecular weight excluding hydrogens is 387 g/mol. The molecule has 27 heavy (non-hydrogen) atoms. The molecule has 7 heteroatoms. The Bertz CT molecular complexity index is 1200. The van der Waals surface area contributed by atoms with Crippen molar-refractivity contribution >= 4 is 57.6 Å². The molecule has 5 nitrogen and oxygen atoms in total. The van der Waals surface area contributed by atoms with E-state index in [0.717, 1.165) is 0 Å². The summed E-state index contributed by atoms with van der Waals surface area (Å²) >= 11 is 12.0. The van der Waals surface area contributed by atoms with Gasteiger partial charge < -0.3 is 4.42 Å². The molecule has 134 valence electrons. The Hall–Kier alpha value is -2.89. The number of hydrogen-bond donors (Lipinski definition) is 0. The SMILES string of the molecule is CC1=NN(c2ccccc2)C(=O)/C1=C\c1coc2cc(Cl)c(Cl)cc2c1=O. The first kappa shape index (κ1) is 17.5. The normalized spacial score (nSPS) is 15.7. The molecule has 1 aliphatic heterocycles. The van der Waals surface area contributed by atoms with Crippen molar-refractivity contribution in [1.29, 1.82) is 0 Å². The van der Waals surface area contributed by atoms with E-state index in [1.165, 1.54) is 29.5 Å². The number of anilines is 1. The van der Waals surface area contributed by atoms with Gasteiger partial charge in [-0.3, -0.25) is 9.59 Å². The maximum Gasteiger partial charge on any atom is 0.280 e. The number of rotatable bonds is 2. The molecule has 1 aromatic heterocycles. The predicted molar refractivity (Wildman–Crippen MR) is 108 cm³/mol. The van der Waals surface area contributed by atoms with E-state index in [4.69, 9.17) is 27.6 Å². The molecule has 1 amide bonds. The van der Waals surface area contributed by atoms with E-state index >= 15 is 0 Å². The van der Waals surface area contributed by atoms with Gasteiger partial charge >= 0.3 is 0 Å². The Morgan fingerprint density at radius 3 is 2.52 bits per heavy atom. The highest BCUT2D eigenvalue weighted by Gasteiger charge is 2.29. The molecule has 3 aromatic rings. The van der Waals surface area contributed by atoms with Gasteiger partial charge in [-0.05, 0) is 31.2 Å². The molecule has 0 N–H and O–H groups in total. The van der Waals surface area contributed by atoms with Gasteiger partial charge in [-0.1, -0.05) is 41.4 Å². The zero-order chi connectivity index (χ0) is 19.1. The maximum absolute atomic E-state index is 12.8. The Morgan fingerprint density at radius 2 is 1.78 bits per heavy atom. The molecule has 0 bridgehead atoms. The fourth-order valence-electron chi connectivity index (χ4n) is 2.82. The first-order chi connectivity index (χ1) is 13.0. The van der Waals surface area contributed by atoms with Crippen molar-refractivity contribution in [1.82, 2.24) is 0 Å². The molecule has 2 aromatic carbocycles. The van der Waals surface area contributed by atoms with Crippen LogP contribution in [0.15, 0.2) is 68.6 Å². The van der Waals surface area contributed by atoms with Gasteiger partial charge in [0.1, 0.15) is 11.8 Å². The average Bonchev–Trinajstić information content (AvgIpc) is 2.94. The Labute approximate surface area is 164 Å². The Kier molecular flexibility index (Phi) is 4.34. The number of halogens is 2. The predicted octanol–water partition coefficient (Wildman–Crippen LogP) is 4.91. The van der Waals surface area contributed by atoms with Gasteiger partial charge in [0.05, 0.1) is 38.0 Å². The fourth-order valence-corrected chi connectivity index (χ4v) is 3.14. The number of hydrazone groups is 1. The largest absolute Gasteiger partial charge is 0.463 e. The van der Waals surface area contributed by atoms with E-state index < -0.39 is 0 Å². The maximum atomic E-state index is 12.8. The average molecular weight is 399 g/mol. The van der Waals surface area contributed by atoms with Crippen molar-refractivity contribution in [2.75, 3.05) is 5.01 Å². The highest BCUT2D eigenvalue weighted by Crippen LogP contribution is 2.28. The Morgan fingerprint density at radius 1 is 1.07 bits per heavy atom. The number of carbonyl (C=O) groups excluding carboxylic acids is 1. The first-order valence-corrected chi connectivity index (χ1v) is 8.78. The number of para-hydroxylation sites is 1. The molecular formula is C20H12Cl2N2O3. The second kappa shape index (κ2) is 6.68. The van der Waals surface area contributed by atoms with Crippen LogP contribution in [0, 0.1) is 0 Å². The third-order valence-electron chi connectivity index (χ3n) is 4.21. The second-order valence-electron chi connectivity index (χ2n) is 5.98. The molecule has 4 rings (SSSR count). The van der Waals surface area contributed by atoms with Crippen molar-refractivity contribution in [3.63, 3.8) is 0 Å². The van der Waals surface area contributed by atoms with Crippen LogP contribution in [0.5, 0.6) is 0 Å². The van der Waals surface area contributed by atoms with Crippen LogP contribution in [0.25, 0.3) is 17.0 Å². The molecule has 0 radical (unpaired) electrons. The summed E-state index contributed by atoms with van der Waals surface area (Å²) in [6, 6.07) is 12.0. The summed E-state index contributed by atoms with van der Waals surface area (Å²) in [4.78, 5) is 25.5. The van der Waals surface area contributed by atoms with Gasteiger partial charge in [-0.25, -0.2) is 0 Å². The third-order valence-corrected chi connectivity index (χ3v) is 4.93. The summed E-state index contributed by atoms with van der Waals surface area (Å²) in [5.74, 6) is -0.313. The lowest BCUT2D eigenvalue weighted by Crippen LogP contribution is -2.21. The number of fused-ring (bicyclic) bond motifs is 1. The number of nitrogens with zero attached hydrogens (tertiary/aromatic N) is 2. The number of benzene rings is 2. The molecule has 0 atom stereocenters. The molecule has 2 heterocycles. The van der Waals surface area contributed by atoms with E-state index in [1.54, 1.807) is 19.1 Å². The summed E-state index contributed by atoms with van der Waals surface area (Å²) in [5, 5.41) is 6.45. The van der Waals surface area contributed by atoms with Gasteiger partial charge in [0.15, 0.2) is 5.43 Å². The standard InChI is InChI=1S/C20H12Cl2N2O3/c1-11-14(20(26)24(23-11)13-5-3-2-4-6-13)7-12-10-27-18-9-17(22)16(21)8-15(18)19(12)25/h2-10H,1H3/b14-7-. The van der Waals surface area contributed by atoms with Gasteiger partial charge in [-0.2, -0.15) is 10.1 Å². The minimum absolute atomic E-state index is 0.230. The van der Waals surface area contributed by atoms with Crippen LogP contribution in [-0.4, -0.2) is 11.6 Å². The van der Waals surface area contributed by atoms with Crippen LogP contribution < -0.4 is 10.4 Å². The van der Waals surface area contributed by atoms with E-state index in [9.17, 15) is 9.59 Å². The Balaban J connectivity index is 1.79. The van der Waals surface area contributed by atoms with Crippen LogP contribution >= 0.6 is 23.2 Å². The lowest BCUT2D eigenvalue weighted by molar-refractivity contribution is -0.114. The number of hydrogen-bond acceptors (Lipinski definition) is 4. The van der Waals surface area contributed by atoms with Crippen LogP contribution in [0.1, 0.15) is 12.5 Å². The van der Waals surface area contributed by atoms with Crippen molar-refractivity contribution in [3.8, 4) is 0 Å². The zero-order valence-electron chi connectivity index (χ0n) is 14.1. The van der Waals surface area contributed by atoms with Crippen LogP contribution in [-0.2, 0) is 4.79 Å².